The second kappa shape index (κ2) is 10.0. The summed E-state index contributed by atoms with van der Waals surface area (Å²) in [5.74, 6) is -0.281. The first-order valence-corrected chi connectivity index (χ1v) is 9.88. The smallest absolute Gasteiger partial charge is 0.343 e. The SMILES string of the molecule is COc1cc(/C=N\NC(=O)c2cccc(Cl)c2)ccc1OC(=O)c1cccc(Br)c1. The lowest BCUT2D eigenvalue weighted by Gasteiger charge is -2.10. The fraction of sp³-hybridized carbons (Fsp3) is 0.0455. The average molecular weight is 488 g/mol. The molecule has 1 N–H and O–H groups in total. The number of carbonyl (C=O) groups is 2. The zero-order valence-electron chi connectivity index (χ0n) is 15.8. The first-order valence-electron chi connectivity index (χ1n) is 8.71. The van der Waals surface area contributed by atoms with Gasteiger partial charge in [-0.05, 0) is 60.2 Å². The largest absolute Gasteiger partial charge is 0.493 e. The predicted octanol–water partition coefficient (Wildman–Crippen LogP) is 5.09. The normalized spacial score (nSPS) is 10.6. The van der Waals surface area contributed by atoms with Gasteiger partial charge in [0.1, 0.15) is 0 Å². The van der Waals surface area contributed by atoms with Crippen LogP contribution in [0.3, 0.4) is 0 Å². The number of amides is 1. The van der Waals surface area contributed by atoms with Crippen LogP contribution >= 0.6 is 27.5 Å². The summed E-state index contributed by atoms with van der Waals surface area (Å²) in [5, 5.41) is 4.40. The van der Waals surface area contributed by atoms with Crippen LogP contribution in [0.1, 0.15) is 26.3 Å². The number of ether oxygens (including phenoxy) is 2. The predicted molar refractivity (Wildman–Crippen MR) is 119 cm³/mol. The summed E-state index contributed by atoms with van der Waals surface area (Å²) >= 11 is 9.20. The molecule has 6 nitrogen and oxygen atoms in total. The minimum absolute atomic E-state index is 0.266. The van der Waals surface area contributed by atoms with Crippen molar-refractivity contribution >= 4 is 45.6 Å². The Bertz CT molecular complexity index is 1120. The molecule has 0 unspecified atom stereocenters. The molecule has 0 aromatic heterocycles. The van der Waals surface area contributed by atoms with Crippen LogP contribution in [-0.4, -0.2) is 25.2 Å². The van der Waals surface area contributed by atoms with E-state index in [0.717, 1.165) is 4.47 Å². The van der Waals surface area contributed by atoms with Crippen molar-refractivity contribution in [3.05, 3.63) is 92.9 Å². The molecule has 152 valence electrons. The van der Waals surface area contributed by atoms with E-state index in [1.165, 1.54) is 13.3 Å². The lowest BCUT2D eigenvalue weighted by Crippen LogP contribution is -2.17. The van der Waals surface area contributed by atoms with Crippen molar-refractivity contribution in [2.75, 3.05) is 7.11 Å². The van der Waals surface area contributed by atoms with Gasteiger partial charge in [-0.25, -0.2) is 10.2 Å². The highest BCUT2D eigenvalue weighted by Crippen LogP contribution is 2.28. The molecular weight excluding hydrogens is 472 g/mol. The Labute approximate surface area is 186 Å². The molecule has 3 aromatic carbocycles. The number of benzene rings is 3. The molecular formula is C22H16BrClN2O4. The highest BCUT2D eigenvalue weighted by atomic mass is 79.9. The number of rotatable bonds is 6. The maximum atomic E-state index is 12.3. The molecule has 0 fully saturated rings. The van der Waals surface area contributed by atoms with Crippen molar-refractivity contribution in [1.82, 2.24) is 5.43 Å². The second-order valence-electron chi connectivity index (χ2n) is 6.02. The van der Waals surface area contributed by atoms with Crippen LogP contribution in [0.25, 0.3) is 0 Å². The number of hydrazone groups is 1. The molecule has 0 aliphatic heterocycles. The third-order valence-electron chi connectivity index (χ3n) is 3.92. The van der Waals surface area contributed by atoms with Crippen molar-refractivity contribution < 1.29 is 19.1 Å². The van der Waals surface area contributed by atoms with Crippen LogP contribution in [0, 0.1) is 0 Å². The van der Waals surface area contributed by atoms with E-state index in [1.54, 1.807) is 60.7 Å². The lowest BCUT2D eigenvalue weighted by molar-refractivity contribution is 0.0729. The molecule has 3 aromatic rings. The van der Waals surface area contributed by atoms with Gasteiger partial charge in [0, 0.05) is 15.1 Å². The van der Waals surface area contributed by atoms with Crippen LogP contribution in [0.2, 0.25) is 5.02 Å². The van der Waals surface area contributed by atoms with Crippen molar-refractivity contribution in [3.8, 4) is 11.5 Å². The minimum Gasteiger partial charge on any atom is -0.493 e. The van der Waals surface area contributed by atoms with E-state index in [0.29, 0.717) is 27.5 Å². The van der Waals surface area contributed by atoms with Gasteiger partial charge in [-0.3, -0.25) is 4.79 Å². The van der Waals surface area contributed by atoms with E-state index in [-0.39, 0.29) is 11.7 Å². The van der Waals surface area contributed by atoms with Gasteiger partial charge in [0.25, 0.3) is 5.91 Å². The fourth-order valence-electron chi connectivity index (χ4n) is 2.48. The van der Waals surface area contributed by atoms with Crippen molar-refractivity contribution in [3.63, 3.8) is 0 Å². The summed E-state index contributed by atoms with van der Waals surface area (Å²) < 4.78 is 11.5. The summed E-state index contributed by atoms with van der Waals surface area (Å²) in [4.78, 5) is 24.4. The fourth-order valence-corrected chi connectivity index (χ4v) is 3.07. The van der Waals surface area contributed by atoms with Crippen molar-refractivity contribution in [1.29, 1.82) is 0 Å². The molecule has 0 heterocycles. The Balaban J connectivity index is 1.68. The molecule has 0 bridgehead atoms. The maximum absolute atomic E-state index is 12.3. The highest BCUT2D eigenvalue weighted by Gasteiger charge is 2.13. The van der Waals surface area contributed by atoms with Gasteiger partial charge in [-0.1, -0.05) is 39.7 Å². The summed E-state index contributed by atoms with van der Waals surface area (Å²) in [6.07, 6.45) is 1.45. The molecule has 30 heavy (non-hydrogen) atoms. The van der Waals surface area contributed by atoms with Gasteiger partial charge in [0.05, 0.1) is 18.9 Å². The molecule has 0 saturated carbocycles. The topological polar surface area (TPSA) is 77.0 Å². The highest BCUT2D eigenvalue weighted by molar-refractivity contribution is 9.10. The number of esters is 1. The molecule has 0 aliphatic carbocycles. The van der Waals surface area contributed by atoms with Gasteiger partial charge in [-0.2, -0.15) is 5.10 Å². The summed E-state index contributed by atoms with van der Waals surface area (Å²) in [6, 6.07) is 18.3. The molecule has 0 atom stereocenters. The zero-order valence-corrected chi connectivity index (χ0v) is 18.1. The van der Waals surface area contributed by atoms with Crippen LogP contribution in [0.15, 0.2) is 76.3 Å². The van der Waals surface area contributed by atoms with Crippen molar-refractivity contribution in [2.45, 2.75) is 0 Å². The molecule has 0 saturated heterocycles. The monoisotopic (exact) mass is 486 g/mol. The molecule has 0 spiro atoms. The first-order chi connectivity index (χ1) is 14.5. The second-order valence-corrected chi connectivity index (χ2v) is 7.37. The van der Waals surface area contributed by atoms with Crippen LogP contribution in [0.5, 0.6) is 11.5 Å². The van der Waals surface area contributed by atoms with E-state index >= 15 is 0 Å². The van der Waals surface area contributed by atoms with E-state index in [9.17, 15) is 9.59 Å². The summed E-state index contributed by atoms with van der Waals surface area (Å²) in [6.45, 7) is 0. The number of hydrogen-bond donors (Lipinski definition) is 1. The first kappa shape index (κ1) is 21.5. The quantitative estimate of drug-likeness (QED) is 0.227. The number of halogens is 2. The number of methoxy groups -OCH3 is 1. The standard InChI is InChI=1S/C22H16BrClN2O4/c1-29-20-10-14(13-25-26-21(27)15-4-3-7-18(24)12-15)8-9-19(20)30-22(28)16-5-2-6-17(23)11-16/h2-13H,1H3,(H,26,27)/b25-13-. The lowest BCUT2D eigenvalue weighted by atomic mass is 10.2. The Morgan fingerprint density at radius 2 is 1.77 bits per heavy atom. The molecule has 1 amide bonds. The van der Waals surface area contributed by atoms with Crippen LogP contribution in [-0.2, 0) is 0 Å². The van der Waals surface area contributed by atoms with E-state index < -0.39 is 5.97 Å². The molecule has 3 rings (SSSR count). The summed E-state index contributed by atoms with van der Waals surface area (Å²) in [7, 11) is 1.47. The Hall–Kier alpha value is -3.16. The third-order valence-corrected chi connectivity index (χ3v) is 4.65. The number of hydrogen-bond acceptors (Lipinski definition) is 5. The van der Waals surface area contributed by atoms with Crippen LogP contribution in [0.4, 0.5) is 0 Å². The average Bonchev–Trinajstić information content (AvgIpc) is 2.74. The number of carbonyl (C=O) groups excluding carboxylic acids is 2. The number of nitrogens with one attached hydrogen (secondary N) is 1. The number of nitrogens with zero attached hydrogens (tertiary/aromatic N) is 1. The van der Waals surface area contributed by atoms with Gasteiger partial charge in [0.15, 0.2) is 11.5 Å². The summed E-state index contributed by atoms with van der Waals surface area (Å²) in [5.41, 5.74) is 3.87. The molecule has 8 heteroatoms. The third kappa shape index (κ3) is 5.68. The Morgan fingerprint density at radius 1 is 1.00 bits per heavy atom. The van der Waals surface area contributed by atoms with E-state index in [1.807, 2.05) is 6.07 Å². The Morgan fingerprint density at radius 3 is 2.50 bits per heavy atom. The van der Waals surface area contributed by atoms with Gasteiger partial charge >= 0.3 is 5.97 Å². The van der Waals surface area contributed by atoms with Crippen LogP contribution < -0.4 is 14.9 Å². The Kier molecular flexibility index (Phi) is 7.21. The molecule has 0 radical (unpaired) electrons. The van der Waals surface area contributed by atoms with E-state index in [4.69, 9.17) is 21.1 Å². The van der Waals surface area contributed by atoms with Gasteiger partial charge in [0.2, 0.25) is 0 Å². The van der Waals surface area contributed by atoms with E-state index in [2.05, 4.69) is 26.5 Å². The zero-order chi connectivity index (χ0) is 21.5. The maximum Gasteiger partial charge on any atom is 0.343 e. The van der Waals surface area contributed by atoms with Gasteiger partial charge in [-0.15, -0.1) is 0 Å². The van der Waals surface area contributed by atoms with Crippen molar-refractivity contribution in [2.24, 2.45) is 5.10 Å². The minimum atomic E-state index is -0.509. The molecule has 0 aliphatic rings. The van der Waals surface area contributed by atoms with Gasteiger partial charge < -0.3 is 9.47 Å².